The Labute approximate surface area is 96.6 Å². The minimum Gasteiger partial charge on any atom is -0.275 e. The van der Waals surface area contributed by atoms with Gasteiger partial charge in [0, 0.05) is 17.8 Å². The molecule has 0 amide bonds. The van der Waals surface area contributed by atoms with Crippen LogP contribution < -0.4 is 0 Å². The molecule has 4 rings (SSSR count). The summed E-state index contributed by atoms with van der Waals surface area (Å²) in [5, 5.41) is 1.10. The van der Waals surface area contributed by atoms with Crippen molar-refractivity contribution in [1.29, 1.82) is 0 Å². The lowest BCUT2D eigenvalue weighted by molar-refractivity contribution is 1.22. The summed E-state index contributed by atoms with van der Waals surface area (Å²) in [6.07, 6.45) is 3.55. The highest BCUT2D eigenvalue weighted by atomic mass is 15.1. The van der Waals surface area contributed by atoms with Crippen LogP contribution in [-0.4, -0.2) is 19.4 Å². The quantitative estimate of drug-likeness (QED) is 0.457. The van der Waals surface area contributed by atoms with Gasteiger partial charge in [-0.3, -0.25) is 4.40 Å². The van der Waals surface area contributed by atoms with E-state index in [0.717, 1.165) is 27.8 Å². The molecular formula is C13H8N4. The van der Waals surface area contributed by atoms with Gasteiger partial charge in [-0.1, -0.05) is 0 Å². The first-order valence-corrected chi connectivity index (χ1v) is 5.40. The minimum atomic E-state index is 0.755. The van der Waals surface area contributed by atoms with Gasteiger partial charge in [0.2, 0.25) is 0 Å². The molecule has 80 valence electrons. The SMILES string of the molecule is c1cnc2c(c1)ccc1nc3ncccc3n12. The summed E-state index contributed by atoms with van der Waals surface area (Å²) in [6, 6.07) is 11.9. The second-order valence-electron chi connectivity index (χ2n) is 3.90. The van der Waals surface area contributed by atoms with Crippen molar-refractivity contribution < 1.29 is 0 Å². The van der Waals surface area contributed by atoms with Gasteiger partial charge < -0.3 is 0 Å². The summed E-state index contributed by atoms with van der Waals surface area (Å²) >= 11 is 0. The fourth-order valence-electron chi connectivity index (χ4n) is 2.16. The molecule has 0 aliphatic rings. The summed E-state index contributed by atoms with van der Waals surface area (Å²) in [5.41, 5.74) is 3.54. The molecule has 0 atom stereocenters. The topological polar surface area (TPSA) is 43.1 Å². The molecule has 4 aromatic rings. The number of nitrogens with zero attached hydrogens (tertiary/aromatic N) is 4. The number of fused-ring (bicyclic) bond motifs is 5. The van der Waals surface area contributed by atoms with Crippen LogP contribution in [0.25, 0.3) is 27.8 Å². The van der Waals surface area contributed by atoms with Crippen LogP contribution in [0.5, 0.6) is 0 Å². The van der Waals surface area contributed by atoms with E-state index in [1.807, 2.05) is 40.8 Å². The van der Waals surface area contributed by atoms with Crippen LogP contribution in [-0.2, 0) is 0 Å². The highest BCUT2D eigenvalue weighted by molar-refractivity contribution is 5.86. The zero-order valence-corrected chi connectivity index (χ0v) is 8.91. The predicted molar refractivity (Wildman–Crippen MR) is 65.8 cm³/mol. The van der Waals surface area contributed by atoms with Gasteiger partial charge in [0.25, 0.3) is 0 Å². The van der Waals surface area contributed by atoms with Crippen molar-refractivity contribution in [2.45, 2.75) is 0 Å². The highest BCUT2D eigenvalue weighted by Crippen LogP contribution is 2.20. The Hall–Kier alpha value is -2.49. The van der Waals surface area contributed by atoms with Gasteiger partial charge in [-0.05, 0) is 36.4 Å². The molecule has 4 heterocycles. The van der Waals surface area contributed by atoms with Gasteiger partial charge in [0.05, 0.1) is 5.52 Å². The Morgan fingerprint density at radius 2 is 1.76 bits per heavy atom. The van der Waals surface area contributed by atoms with Crippen LogP contribution in [0.3, 0.4) is 0 Å². The lowest BCUT2D eigenvalue weighted by Gasteiger charge is -2.00. The first-order valence-electron chi connectivity index (χ1n) is 5.40. The van der Waals surface area contributed by atoms with Crippen LogP contribution in [0.4, 0.5) is 0 Å². The third-order valence-corrected chi connectivity index (χ3v) is 2.90. The van der Waals surface area contributed by atoms with E-state index in [1.54, 1.807) is 12.4 Å². The number of pyridine rings is 3. The molecule has 0 saturated carbocycles. The van der Waals surface area contributed by atoms with E-state index in [-0.39, 0.29) is 0 Å². The number of imidazole rings is 1. The third kappa shape index (κ3) is 1.09. The summed E-state index contributed by atoms with van der Waals surface area (Å²) in [7, 11) is 0. The minimum absolute atomic E-state index is 0.755. The van der Waals surface area contributed by atoms with Crippen molar-refractivity contribution in [3.05, 3.63) is 48.8 Å². The smallest absolute Gasteiger partial charge is 0.178 e. The van der Waals surface area contributed by atoms with Gasteiger partial charge in [-0.2, -0.15) is 0 Å². The molecule has 0 saturated heterocycles. The van der Waals surface area contributed by atoms with Crippen LogP contribution in [0.1, 0.15) is 0 Å². The predicted octanol–water partition coefficient (Wildman–Crippen LogP) is 2.43. The molecule has 0 fully saturated rings. The maximum absolute atomic E-state index is 4.48. The summed E-state index contributed by atoms with van der Waals surface area (Å²) < 4.78 is 2.04. The number of aromatic nitrogens is 4. The highest BCUT2D eigenvalue weighted by Gasteiger charge is 2.07. The van der Waals surface area contributed by atoms with E-state index in [2.05, 4.69) is 15.0 Å². The van der Waals surface area contributed by atoms with E-state index in [9.17, 15) is 0 Å². The molecule has 0 aromatic carbocycles. The second-order valence-corrected chi connectivity index (χ2v) is 3.90. The summed E-state index contributed by atoms with van der Waals surface area (Å²) in [6.45, 7) is 0. The molecule has 17 heavy (non-hydrogen) atoms. The van der Waals surface area contributed by atoms with E-state index >= 15 is 0 Å². The van der Waals surface area contributed by atoms with Crippen molar-refractivity contribution in [2.75, 3.05) is 0 Å². The maximum atomic E-state index is 4.48. The molecule has 0 spiro atoms. The zero-order chi connectivity index (χ0) is 11.2. The molecule has 4 nitrogen and oxygen atoms in total. The van der Waals surface area contributed by atoms with Crippen molar-refractivity contribution in [1.82, 2.24) is 19.4 Å². The van der Waals surface area contributed by atoms with Crippen molar-refractivity contribution in [3.63, 3.8) is 0 Å². The molecule has 0 radical (unpaired) electrons. The molecule has 0 aliphatic carbocycles. The van der Waals surface area contributed by atoms with Crippen molar-refractivity contribution in [3.8, 4) is 0 Å². The zero-order valence-electron chi connectivity index (χ0n) is 8.91. The average Bonchev–Trinajstić information content (AvgIpc) is 2.77. The molecule has 0 unspecified atom stereocenters. The largest absolute Gasteiger partial charge is 0.275 e. The van der Waals surface area contributed by atoms with Gasteiger partial charge in [-0.15, -0.1) is 0 Å². The molecule has 0 N–H and O–H groups in total. The van der Waals surface area contributed by atoms with Gasteiger partial charge >= 0.3 is 0 Å². The van der Waals surface area contributed by atoms with Crippen molar-refractivity contribution in [2.24, 2.45) is 0 Å². The molecule has 4 aromatic heterocycles. The fraction of sp³-hybridized carbons (Fsp3) is 0. The lowest BCUT2D eigenvalue weighted by atomic mass is 10.3. The van der Waals surface area contributed by atoms with Crippen LogP contribution in [0.2, 0.25) is 0 Å². The van der Waals surface area contributed by atoms with Gasteiger partial charge in [-0.25, -0.2) is 15.0 Å². The Bertz CT molecular complexity index is 842. The van der Waals surface area contributed by atoms with Crippen LogP contribution in [0, 0.1) is 0 Å². The van der Waals surface area contributed by atoms with Crippen molar-refractivity contribution >= 4 is 27.8 Å². The first kappa shape index (κ1) is 8.64. The monoisotopic (exact) mass is 220 g/mol. The van der Waals surface area contributed by atoms with Gasteiger partial charge in [0.1, 0.15) is 11.3 Å². The van der Waals surface area contributed by atoms with Gasteiger partial charge in [0.15, 0.2) is 5.65 Å². The lowest BCUT2D eigenvalue weighted by Crippen LogP contribution is -1.90. The number of hydrogen-bond donors (Lipinski definition) is 0. The Morgan fingerprint density at radius 3 is 2.76 bits per heavy atom. The molecule has 0 bridgehead atoms. The number of rotatable bonds is 0. The van der Waals surface area contributed by atoms with Crippen LogP contribution >= 0.6 is 0 Å². The second kappa shape index (κ2) is 3.01. The van der Waals surface area contributed by atoms with E-state index in [0.29, 0.717) is 0 Å². The standard InChI is InChI=1S/C13H8N4/c1-3-9-5-6-11-16-12-10(4-2-7-14-12)17(11)13(9)15-8-1/h1-8H. The normalized spacial score (nSPS) is 11.5. The van der Waals surface area contributed by atoms with E-state index < -0.39 is 0 Å². The summed E-state index contributed by atoms with van der Waals surface area (Å²) in [5.74, 6) is 0. The third-order valence-electron chi connectivity index (χ3n) is 2.90. The average molecular weight is 220 g/mol. The maximum Gasteiger partial charge on any atom is 0.178 e. The fourth-order valence-corrected chi connectivity index (χ4v) is 2.16. The Balaban J connectivity index is 2.38. The Kier molecular flexibility index (Phi) is 1.53. The van der Waals surface area contributed by atoms with Crippen LogP contribution in [0.15, 0.2) is 48.8 Å². The number of hydrogen-bond acceptors (Lipinski definition) is 3. The van der Waals surface area contributed by atoms with E-state index in [1.165, 1.54) is 0 Å². The molecule has 4 heteroatoms. The molecular weight excluding hydrogens is 212 g/mol. The first-order chi connectivity index (χ1) is 8.43. The Morgan fingerprint density at radius 1 is 0.882 bits per heavy atom. The summed E-state index contributed by atoms with van der Waals surface area (Å²) in [4.78, 5) is 13.2. The van der Waals surface area contributed by atoms with E-state index in [4.69, 9.17) is 0 Å². The molecule has 0 aliphatic heterocycles.